The monoisotopic (exact) mass is 273 g/mol. The van der Waals surface area contributed by atoms with Gasteiger partial charge in [0.2, 0.25) is 0 Å². The fraction of sp³-hybridized carbons (Fsp3) is 0.429. The molecule has 1 aromatic carbocycles. The Hall–Kier alpha value is -2.42. The quantitative estimate of drug-likeness (QED) is 0.611. The Bertz CT molecular complexity index is 584. The first-order valence-corrected chi connectivity index (χ1v) is 6.47. The molecule has 1 aliphatic heterocycles. The van der Waals surface area contributed by atoms with Crippen molar-refractivity contribution in [3.8, 4) is 6.07 Å². The number of rotatable bonds is 2. The van der Waals surface area contributed by atoms with Gasteiger partial charge in [0.05, 0.1) is 11.0 Å². The van der Waals surface area contributed by atoms with E-state index < -0.39 is 4.92 Å². The third-order valence-electron chi connectivity index (χ3n) is 3.70. The van der Waals surface area contributed by atoms with Crippen LogP contribution in [-0.4, -0.2) is 28.8 Å². The van der Waals surface area contributed by atoms with Crippen molar-refractivity contribution >= 4 is 11.6 Å². The molecule has 6 nitrogen and oxygen atoms in total. The molecule has 1 fully saturated rings. The number of carbonyl (C=O) groups excluding carboxylic acids is 1. The zero-order chi connectivity index (χ0) is 14.7. The lowest BCUT2D eigenvalue weighted by Crippen LogP contribution is -2.38. The van der Waals surface area contributed by atoms with E-state index in [1.807, 2.05) is 0 Å². The SMILES string of the molecule is Cc1c(C(=O)N2CCC(C#N)CC2)cccc1[N+](=O)[O-]. The summed E-state index contributed by atoms with van der Waals surface area (Å²) >= 11 is 0. The van der Waals surface area contributed by atoms with Crippen LogP contribution in [0.1, 0.15) is 28.8 Å². The van der Waals surface area contributed by atoms with Gasteiger partial charge >= 0.3 is 0 Å². The number of amides is 1. The molecule has 0 aliphatic carbocycles. The topological polar surface area (TPSA) is 87.2 Å². The van der Waals surface area contributed by atoms with E-state index in [-0.39, 0.29) is 17.5 Å². The van der Waals surface area contributed by atoms with Gasteiger partial charge in [0.25, 0.3) is 11.6 Å². The van der Waals surface area contributed by atoms with E-state index in [4.69, 9.17) is 5.26 Å². The fourth-order valence-electron chi connectivity index (χ4n) is 2.43. The molecule has 2 rings (SSSR count). The van der Waals surface area contributed by atoms with Gasteiger partial charge in [-0.2, -0.15) is 5.26 Å². The lowest BCUT2D eigenvalue weighted by atomic mass is 9.97. The van der Waals surface area contributed by atoms with Crippen molar-refractivity contribution < 1.29 is 9.72 Å². The molecule has 1 saturated heterocycles. The molecule has 1 heterocycles. The molecule has 0 bridgehead atoms. The van der Waals surface area contributed by atoms with E-state index >= 15 is 0 Å². The number of nitriles is 1. The smallest absolute Gasteiger partial charge is 0.273 e. The second kappa shape index (κ2) is 5.70. The van der Waals surface area contributed by atoms with Crippen molar-refractivity contribution in [2.45, 2.75) is 19.8 Å². The van der Waals surface area contributed by atoms with Crippen LogP contribution < -0.4 is 0 Å². The first-order chi connectivity index (χ1) is 9.54. The Kier molecular flexibility index (Phi) is 3.99. The number of nitro benzene ring substituents is 1. The van der Waals surface area contributed by atoms with Crippen LogP contribution in [-0.2, 0) is 0 Å². The minimum absolute atomic E-state index is 0.00487. The molecule has 1 amide bonds. The Morgan fingerprint density at radius 2 is 2.10 bits per heavy atom. The molecule has 20 heavy (non-hydrogen) atoms. The molecule has 0 N–H and O–H groups in total. The van der Waals surface area contributed by atoms with Gasteiger partial charge in [-0.05, 0) is 25.8 Å². The largest absolute Gasteiger partial charge is 0.339 e. The normalized spacial score (nSPS) is 15.7. The van der Waals surface area contributed by atoms with Gasteiger partial charge in [-0.3, -0.25) is 14.9 Å². The minimum Gasteiger partial charge on any atom is -0.339 e. The number of nitrogens with zero attached hydrogens (tertiary/aromatic N) is 3. The maximum atomic E-state index is 12.4. The summed E-state index contributed by atoms with van der Waals surface area (Å²) in [5.74, 6) is -0.187. The van der Waals surface area contributed by atoms with Gasteiger partial charge in [0.1, 0.15) is 0 Å². The lowest BCUT2D eigenvalue weighted by molar-refractivity contribution is -0.385. The number of piperidine rings is 1. The van der Waals surface area contributed by atoms with Crippen molar-refractivity contribution in [2.24, 2.45) is 5.92 Å². The van der Waals surface area contributed by atoms with Crippen LogP contribution in [0.5, 0.6) is 0 Å². The summed E-state index contributed by atoms with van der Waals surface area (Å²) < 4.78 is 0. The summed E-state index contributed by atoms with van der Waals surface area (Å²) in [5.41, 5.74) is 0.724. The van der Waals surface area contributed by atoms with Crippen molar-refractivity contribution in [2.75, 3.05) is 13.1 Å². The van der Waals surface area contributed by atoms with E-state index in [2.05, 4.69) is 6.07 Å². The highest BCUT2D eigenvalue weighted by molar-refractivity contribution is 5.96. The van der Waals surface area contributed by atoms with Crippen molar-refractivity contribution in [1.82, 2.24) is 4.90 Å². The highest BCUT2D eigenvalue weighted by Gasteiger charge is 2.26. The predicted molar refractivity (Wildman–Crippen MR) is 72.1 cm³/mol. The first kappa shape index (κ1) is 14.0. The average molecular weight is 273 g/mol. The van der Waals surface area contributed by atoms with Crippen LogP contribution in [0.2, 0.25) is 0 Å². The molecule has 0 atom stereocenters. The van der Waals surface area contributed by atoms with Gasteiger partial charge in [0.15, 0.2) is 0 Å². The van der Waals surface area contributed by atoms with E-state index in [1.54, 1.807) is 17.9 Å². The van der Waals surface area contributed by atoms with Crippen LogP contribution in [0.15, 0.2) is 18.2 Å². The zero-order valence-corrected chi connectivity index (χ0v) is 11.2. The van der Waals surface area contributed by atoms with Gasteiger partial charge in [-0.1, -0.05) is 6.07 Å². The van der Waals surface area contributed by atoms with E-state index in [9.17, 15) is 14.9 Å². The molecule has 0 spiro atoms. The van der Waals surface area contributed by atoms with E-state index in [1.165, 1.54) is 12.1 Å². The fourth-order valence-corrected chi connectivity index (χ4v) is 2.43. The molecular formula is C14H15N3O3. The maximum Gasteiger partial charge on any atom is 0.273 e. The lowest BCUT2D eigenvalue weighted by Gasteiger charge is -2.29. The predicted octanol–water partition coefficient (Wildman–Crippen LogP) is 2.28. The summed E-state index contributed by atoms with van der Waals surface area (Å²) in [6, 6.07) is 6.75. The number of hydrogen-bond donors (Lipinski definition) is 0. The summed E-state index contributed by atoms with van der Waals surface area (Å²) in [6.07, 6.45) is 1.33. The van der Waals surface area contributed by atoms with Crippen molar-refractivity contribution in [1.29, 1.82) is 5.26 Å². The molecule has 0 radical (unpaired) electrons. The molecule has 0 unspecified atom stereocenters. The van der Waals surface area contributed by atoms with Gasteiger partial charge in [-0.25, -0.2) is 0 Å². The molecule has 1 aliphatic rings. The van der Waals surface area contributed by atoms with Gasteiger partial charge in [0, 0.05) is 36.2 Å². The van der Waals surface area contributed by atoms with Gasteiger partial charge in [-0.15, -0.1) is 0 Å². The second-order valence-corrected chi connectivity index (χ2v) is 4.90. The Labute approximate surface area is 116 Å². The summed E-state index contributed by atoms with van der Waals surface area (Å²) in [7, 11) is 0. The van der Waals surface area contributed by atoms with Crippen LogP contribution in [0.4, 0.5) is 5.69 Å². The Morgan fingerprint density at radius 1 is 1.45 bits per heavy atom. The number of hydrogen-bond acceptors (Lipinski definition) is 4. The molecule has 0 aromatic heterocycles. The van der Waals surface area contributed by atoms with Crippen molar-refractivity contribution in [3.05, 3.63) is 39.4 Å². The standard InChI is InChI=1S/C14H15N3O3/c1-10-12(3-2-4-13(10)17(19)20)14(18)16-7-5-11(9-15)6-8-16/h2-4,11H,5-8H2,1H3. The zero-order valence-electron chi connectivity index (χ0n) is 11.2. The number of likely N-dealkylation sites (tertiary alicyclic amines) is 1. The number of nitro groups is 1. The second-order valence-electron chi connectivity index (χ2n) is 4.90. The highest BCUT2D eigenvalue weighted by atomic mass is 16.6. The summed E-state index contributed by atoms with van der Waals surface area (Å²) in [5, 5.41) is 19.7. The number of carbonyl (C=O) groups is 1. The molecule has 1 aromatic rings. The third-order valence-corrected chi connectivity index (χ3v) is 3.70. The van der Waals surface area contributed by atoms with E-state index in [0.717, 1.165) is 0 Å². The maximum absolute atomic E-state index is 12.4. The number of benzene rings is 1. The molecular weight excluding hydrogens is 258 g/mol. The average Bonchev–Trinajstić information content (AvgIpc) is 2.46. The van der Waals surface area contributed by atoms with Crippen LogP contribution >= 0.6 is 0 Å². The highest BCUT2D eigenvalue weighted by Crippen LogP contribution is 2.24. The molecule has 104 valence electrons. The Morgan fingerprint density at radius 3 is 2.65 bits per heavy atom. The minimum atomic E-state index is -0.478. The molecule has 6 heteroatoms. The van der Waals surface area contributed by atoms with E-state index in [0.29, 0.717) is 37.1 Å². The first-order valence-electron chi connectivity index (χ1n) is 6.47. The van der Waals surface area contributed by atoms with Gasteiger partial charge < -0.3 is 4.90 Å². The van der Waals surface area contributed by atoms with Crippen LogP contribution in [0.3, 0.4) is 0 Å². The van der Waals surface area contributed by atoms with Crippen molar-refractivity contribution in [3.63, 3.8) is 0 Å². The molecule has 0 saturated carbocycles. The Balaban J connectivity index is 2.21. The third kappa shape index (κ3) is 2.62. The summed E-state index contributed by atoms with van der Waals surface area (Å²) in [6.45, 7) is 2.64. The summed E-state index contributed by atoms with van der Waals surface area (Å²) in [4.78, 5) is 24.5. The van der Waals surface area contributed by atoms with Crippen LogP contribution in [0.25, 0.3) is 0 Å². The van der Waals surface area contributed by atoms with Crippen LogP contribution in [0, 0.1) is 34.3 Å².